The first-order valence-corrected chi connectivity index (χ1v) is 5.60. The van der Waals surface area contributed by atoms with E-state index < -0.39 is 17.3 Å². The lowest BCUT2D eigenvalue weighted by Crippen LogP contribution is -2.26. The van der Waals surface area contributed by atoms with Gasteiger partial charge in [-0.2, -0.15) is 0 Å². The van der Waals surface area contributed by atoms with Crippen LogP contribution in [-0.2, 0) is 15.1 Å². The maximum absolute atomic E-state index is 12.0. The van der Waals surface area contributed by atoms with Crippen LogP contribution >= 0.6 is 0 Å². The van der Waals surface area contributed by atoms with Gasteiger partial charge in [-0.05, 0) is 24.6 Å². The molecule has 1 aliphatic carbocycles. The van der Waals surface area contributed by atoms with Crippen molar-refractivity contribution in [1.29, 1.82) is 0 Å². The van der Waals surface area contributed by atoms with E-state index in [1.54, 1.807) is 26.2 Å². The largest absolute Gasteiger partial charge is 0.497 e. The van der Waals surface area contributed by atoms with E-state index in [1.165, 1.54) is 0 Å². The molecule has 1 aliphatic heterocycles. The summed E-state index contributed by atoms with van der Waals surface area (Å²) < 4.78 is 10.6. The molecular weight excluding hydrogens is 220 g/mol. The van der Waals surface area contributed by atoms with Gasteiger partial charge in [0.15, 0.2) is 11.4 Å². The van der Waals surface area contributed by atoms with Crippen molar-refractivity contribution in [3.05, 3.63) is 29.8 Å². The minimum absolute atomic E-state index is 0.0438. The first-order valence-electron chi connectivity index (χ1n) is 5.60. The topological polar surface area (TPSA) is 59.1 Å². The number of benzene rings is 1. The van der Waals surface area contributed by atoms with Gasteiger partial charge in [0.05, 0.1) is 13.2 Å². The number of Topliss-reactive ketones (excluding diaryl/α,β-unsaturated/α-hetero) is 1. The van der Waals surface area contributed by atoms with Crippen LogP contribution in [0, 0.1) is 0 Å². The zero-order valence-electron chi connectivity index (χ0n) is 9.77. The van der Waals surface area contributed by atoms with E-state index in [1.807, 2.05) is 12.1 Å². The number of ketones is 1. The highest BCUT2D eigenvalue weighted by Crippen LogP contribution is 2.63. The quantitative estimate of drug-likeness (QED) is 0.776. The molecule has 0 unspecified atom stereocenters. The molecule has 2 fully saturated rings. The highest BCUT2D eigenvalue weighted by molar-refractivity contribution is 5.97. The summed E-state index contributed by atoms with van der Waals surface area (Å²) >= 11 is 0. The minimum atomic E-state index is -0.932. The van der Waals surface area contributed by atoms with Gasteiger partial charge >= 0.3 is 0 Å². The number of ether oxygens (including phenoxy) is 2. The predicted octanol–water partition coefficient (Wildman–Crippen LogP) is 1.01. The SMILES string of the molecule is COc1ccc([C@]23O[C@@]2(C)[C@H](O)CC3=O)cc1. The fourth-order valence-corrected chi connectivity index (χ4v) is 2.78. The molecule has 1 heterocycles. The predicted molar refractivity (Wildman–Crippen MR) is 59.8 cm³/mol. The zero-order valence-corrected chi connectivity index (χ0v) is 9.77. The summed E-state index contributed by atoms with van der Waals surface area (Å²) in [6, 6.07) is 7.23. The van der Waals surface area contributed by atoms with E-state index in [2.05, 4.69) is 0 Å². The minimum Gasteiger partial charge on any atom is -0.497 e. The number of aliphatic hydroxyl groups excluding tert-OH is 1. The Labute approximate surface area is 99.2 Å². The van der Waals surface area contributed by atoms with E-state index in [4.69, 9.17) is 9.47 Å². The third-order valence-electron chi connectivity index (χ3n) is 3.93. The number of fused-ring (bicyclic) bond motifs is 1. The third kappa shape index (κ3) is 1.12. The standard InChI is InChI=1S/C13H14O4/c1-12-10(14)7-11(15)13(12,17-12)8-3-5-9(16-2)6-4-8/h3-6,10,14H,7H2,1-2H3/t10-,12+,13-/m1/s1. The number of rotatable bonds is 2. The molecular formula is C13H14O4. The fraction of sp³-hybridized carbons (Fsp3) is 0.462. The molecule has 3 rings (SSSR count). The average molecular weight is 234 g/mol. The molecule has 1 saturated heterocycles. The highest BCUT2D eigenvalue weighted by atomic mass is 16.7. The Kier molecular flexibility index (Phi) is 1.95. The Hall–Kier alpha value is -1.39. The molecule has 0 bridgehead atoms. The van der Waals surface area contributed by atoms with Crippen LogP contribution in [0.3, 0.4) is 0 Å². The molecule has 2 aliphatic rings. The summed E-state index contributed by atoms with van der Waals surface area (Å²) in [5, 5.41) is 9.83. The van der Waals surface area contributed by atoms with Crippen LogP contribution in [0.5, 0.6) is 5.75 Å². The summed E-state index contributed by atoms with van der Waals surface area (Å²) in [7, 11) is 1.59. The summed E-state index contributed by atoms with van der Waals surface area (Å²) in [6.45, 7) is 1.78. The second-order valence-corrected chi connectivity index (χ2v) is 4.76. The van der Waals surface area contributed by atoms with Crippen molar-refractivity contribution in [2.24, 2.45) is 0 Å². The molecule has 0 spiro atoms. The van der Waals surface area contributed by atoms with Gasteiger partial charge in [-0.15, -0.1) is 0 Å². The third-order valence-corrected chi connectivity index (χ3v) is 3.93. The number of methoxy groups -OCH3 is 1. The number of epoxide rings is 1. The summed E-state index contributed by atoms with van der Waals surface area (Å²) in [6.07, 6.45) is -0.542. The molecule has 4 heteroatoms. The fourth-order valence-electron chi connectivity index (χ4n) is 2.78. The van der Waals surface area contributed by atoms with Gasteiger partial charge in [0.2, 0.25) is 0 Å². The Bertz CT molecular complexity index is 481. The van der Waals surface area contributed by atoms with Gasteiger partial charge in [0, 0.05) is 6.42 Å². The van der Waals surface area contributed by atoms with E-state index >= 15 is 0 Å². The molecule has 1 N–H and O–H groups in total. The van der Waals surface area contributed by atoms with Gasteiger partial charge in [0.25, 0.3) is 0 Å². The van der Waals surface area contributed by atoms with Crippen molar-refractivity contribution < 1.29 is 19.4 Å². The lowest BCUT2D eigenvalue weighted by molar-refractivity contribution is -0.125. The van der Waals surface area contributed by atoms with Crippen LogP contribution in [0.25, 0.3) is 0 Å². The maximum atomic E-state index is 12.0. The van der Waals surface area contributed by atoms with Crippen LogP contribution in [0.2, 0.25) is 0 Å². The molecule has 90 valence electrons. The first kappa shape index (κ1) is 10.7. The van der Waals surface area contributed by atoms with Crippen molar-refractivity contribution in [2.75, 3.05) is 7.11 Å². The molecule has 1 aromatic rings. The molecule has 17 heavy (non-hydrogen) atoms. The van der Waals surface area contributed by atoms with Crippen LogP contribution in [0.15, 0.2) is 24.3 Å². The van der Waals surface area contributed by atoms with E-state index in [-0.39, 0.29) is 12.2 Å². The molecule has 3 atom stereocenters. The van der Waals surface area contributed by atoms with Gasteiger partial charge in [-0.3, -0.25) is 4.79 Å². The van der Waals surface area contributed by atoms with Crippen molar-refractivity contribution in [1.82, 2.24) is 0 Å². The van der Waals surface area contributed by atoms with Gasteiger partial charge in [-0.1, -0.05) is 12.1 Å². The Morgan fingerprint density at radius 2 is 2.06 bits per heavy atom. The first-order chi connectivity index (χ1) is 8.04. The van der Waals surface area contributed by atoms with Crippen molar-refractivity contribution in [3.63, 3.8) is 0 Å². The summed E-state index contributed by atoms with van der Waals surface area (Å²) in [4.78, 5) is 12.0. The maximum Gasteiger partial charge on any atom is 0.183 e. The lowest BCUT2D eigenvalue weighted by Gasteiger charge is -2.09. The Balaban J connectivity index is 2.02. The second-order valence-electron chi connectivity index (χ2n) is 4.76. The number of hydrogen-bond donors (Lipinski definition) is 1. The van der Waals surface area contributed by atoms with Crippen LogP contribution in [0.4, 0.5) is 0 Å². The van der Waals surface area contributed by atoms with Crippen molar-refractivity contribution >= 4 is 5.78 Å². The molecule has 4 nitrogen and oxygen atoms in total. The van der Waals surface area contributed by atoms with Crippen LogP contribution in [0.1, 0.15) is 18.9 Å². The zero-order chi connectivity index (χ0) is 12.3. The number of hydrogen-bond acceptors (Lipinski definition) is 4. The number of carbonyl (C=O) groups excluding carboxylic acids is 1. The van der Waals surface area contributed by atoms with Crippen molar-refractivity contribution in [2.45, 2.75) is 30.7 Å². The highest BCUT2D eigenvalue weighted by Gasteiger charge is 2.79. The van der Waals surface area contributed by atoms with Crippen molar-refractivity contribution in [3.8, 4) is 5.75 Å². The van der Waals surface area contributed by atoms with Crippen LogP contribution < -0.4 is 4.74 Å². The molecule has 0 amide bonds. The van der Waals surface area contributed by atoms with E-state index in [0.717, 1.165) is 11.3 Å². The normalized spacial score (nSPS) is 39.0. The lowest BCUT2D eigenvalue weighted by atomic mass is 9.89. The van der Waals surface area contributed by atoms with E-state index in [9.17, 15) is 9.90 Å². The molecule has 0 radical (unpaired) electrons. The molecule has 1 saturated carbocycles. The summed E-state index contributed by atoms with van der Waals surface area (Å²) in [5.41, 5.74) is -0.889. The molecule has 0 aromatic heterocycles. The number of carbonyl (C=O) groups is 1. The average Bonchev–Trinajstić information content (AvgIpc) is 2.93. The monoisotopic (exact) mass is 234 g/mol. The Morgan fingerprint density at radius 3 is 2.47 bits per heavy atom. The molecule has 1 aromatic carbocycles. The number of aliphatic hydroxyl groups is 1. The summed E-state index contributed by atoms with van der Waals surface area (Å²) in [5.74, 6) is 0.691. The second kappa shape index (κ2) is 3.09. The van der Waals surface area contributed by atoms with E-state index in [0.29, 0.717) is 0 Å². The van der Waals surface area contributed by atoms with Crippen LogP contribution in [-0.4, -0.2) is 29.7 Å². The smallest absolute Gasteiger partial charge is 0.183 e. The van der Waals surface area contributed by atoms with Gasteiger partial charge in [0.1, 0.15) is 11.4 Å². The Morgan fingerprint density at radius 1 is 1.41 bits per heavy atom. The van der Waals surface area contributed by atoms with Gasteiger partial charge in [-0.25, -0.2) is 0 Å². The van der Waals surface area contributed by atoms with Gasteiger partial charge < -0.3 is 14.6 Å².